The van der Waals surface area contributed by atoms with Crippen molar-refractivity contribution in [3.63, 3.8) is 0 Å². The molecule has 4 heteroatoms. The van der Waals surface area contributed by atoms with Crippen LogP contribution in [0.2, 0.25) is 0 Å². The Hall–Kier alpha value is -0.930. The maximum atomic E-state index is 11.5. The molecule has 0 spiro atoms. The summed E-state index contributed by atoms with van der Waals surface area (Å²) in [6.07, 6.45) is 3.64. The monoisotopic (exact) mass is 130 g/mol. The third-order valence-electron chi connectivity index (χ3n) is 0.791. The van der Waals surface area contributed by atoms with Gasteiger partial charge in [0.2, 0.25) is 0 Å². The summed E-state index contributed by atoms with van der Waals surface area (Å²) in [5, 5.41) is 0. The summed E-state index contributed by atoms with van der Waals surface area (Å²) in [4.78, 5) is 3.35. The van der Waals surface area contributed by atoms with E-state index < -0.39 is 6.43 Å². The molecule has 0 aromatic carbocycles. The Balaban J connectivity index is 2.48. The van der Waals surface area contributed by atoms with Crippen LogP contribution in [0.1, 0.15) is 0 Å². The SMILES string of the molecule is FC(F)Cn1[c]n[c]c1. The average Bonchev–Trinajstić information content (AvgIpc) is 2.15. The van der Waals surface area contributed by atoms with Crippen LogP contribution in [0, 0.1) is 12.5 Å². The van der Waals surface area contributed by atoms with Crippen LogP contribution in [-0.4, -0.2) is 16.0 Å². The molecule has 1 rings (SSSR count). The maximum Gasteiger partial charge on any atom is 0.256 e. The third kappa shape index (κ3) is 1.79. The first-order valence-corrected chi connectivity index (χ1v) is 2.38. The highest BCUT2D eigenvalue weighted by atomic mass is 19.3. The number of aromatic nitrogens is 2. The highest BCUT2D eigenvalue weighted by molar-refractivity contribution is 4.69. The predicted octanol–water partition coefficient (Wildman–Crippen LogP) is 0.749. The van der Waals surface area contributed by atoms with Gasteiger partial charge in [-0.05, 0) is 0 Å². The van der Waals surface area contributed by atoms with Crippen LogP contribution >= 0.6 is 0 Å². The molecule has 0 fully saturated rings. The lowest BCUT2D eigenvalue weighted by atomic mass is 10.6. The first-order chi connectivity index (χ1) is 4.29. The summed E-state index contributed by atoms with van der Waals surface area (Å²) in [5.74, 6) is 0. The molecule has 0 saturated carbocycles. The Bertz CT molecular complexity index is 159. The molecule has 0 bridgehead atoms. The van der Waals surface area contributed by atoms with Gasteiger partial charge in [-0.3, -0.25) is 0 Å². The lowest BCUT2D eigenvalue weighted by Gasteiger charge is -1.96. The van der Waals surface area contributed by atoms with Crippen molar-refractivity contribution in [2.45, 2.75) is 13.0 Å². The van der Waals surface area contributed by atoms with Gasteiger partial charge in [-0.15, -0.1) is 0 Å². The number of hydrogen-bond donors (Lipinski definition) is 0. The average molecular weight is 130 g/mol. The predicted molar refractivity (Wildman–Crippen MR) is 25.9 cm³/mol. The molecule has 0 amide bonds. The normalized spacial score (nSPS) is 10.6. The van der Waals surface area contributed by atoms with E-state index in [9.17, 15) is 8.78 Å². The van der Waals surface area contributed by atoms with Gasteiger partial charge < -0.3 is 4.57 Å². The summed E-state index contributed by atoms with van der Waals surface area (Å²) in [5.41, 5.74) is 0. The van der Waals surface area contributed by atoms with Crippen molar-refractivity contribution in [1.29, 1.82) is 0 Å². The highest BCUT2D eigenvalue weighted by Gasteiger charge is 2.01. The zero-order chi connectivity index (χ0) is 6.69. The number of rotatable bonds is 2. The molecule has 2 nitrogen and oxygen atoms in total. The van der Waals surface area contributed by atoms with E-state index in [-0.39, 0.29) is 6.54 Å². The van der Waals surface area contributed by atoms with Gasteiger partial charge in [0.05, 0.1) is 6.54 Å². The van der Waals surface area contributed by atoms with Gasteiger partial charge in [0.15, 0.2) is 6.33 Å². The summed E-state index contributed by atoms with van der Waals surface area (Å²) in [7, 11) is 0. The van der Waals surface area contributed by atoms with Gasteiger partial charge in [-0.1, -0.05) is 0 Å². The third-order valence-corrected chi connectivity index (χ3v) is 0.791. The molecular weight excluding hydrogens is 126 g/mol. The van der Waals surface area contributed by atoms with Crippen molar-refractivity contribution in [2.24, 2.45) is 0 Å². The standard InChI is InChI=1S/C5H4F2N2/c6-5(7)3-9-2-1-8-4-9/h2,5H,3H2. The van der Waals surface area contributed by atoms with Crippen molar-refractivity contribution in [2.75, 3.05) is 0 Å². The van der Waals surface area contributed by atoms with E-state index in [4.69, 9.17) is 0 Å². The molecule has 1 heterocycles. The molecule has 9 heavy (non-hydrogen) atoms. The minimum absolute atomic E-state index is 0.351. The van der Waals surface area contributed by atoms with Crippen molar-refractivity contribution >= 4 is 0 Å². The van der Waals surface area contributed by atoms with Crippen LogP contribution in [0.5, 0.6) is 0 Å². The fourth-order valence-corrected chi connectivity index (χ4v) is 0.463. The Morgan fingerprint density at radius 1 is 1.67 bits per heavy atom. The first kappa shape index (κ1) is 6.19. The largest absolute Gasteiger partial charge is 0.322 e. The van der Waals surface area contributed by atoms with Gasteiger partial charge >= 0.3 is 0 Å². The molecule has 0 aliphatic carbocycles. The van der Waals surface area contributed by atoms with Crippen molar-refractivity contribution in [1.82, 2.24) is 9.55 Å². The first-order valence-electron chi connectivity index (χ1n) is 2.38. The quantitative estimate of drug-likeness (QED) is 0.577. The van der Waals surface area contributed by atoms with Crippen LogP contribution in [-0.2, 0) is 6.54 Å². The minimum Gasteiger partial charge on any atom is -0.322 e. The topological polar surface area (TPSA) is 17.8 Å². The molecule has 48 valence electrons. The van der Waals surface area contributed by atoms with E-state index in [2.05, 4.69) is 17.5 Å². The van der Waals surface area contributed by atoms with Gasteiger partial charge in [0.25, 0.3) is 6.43 Å². The van der Waals surface area contributed by atoms with Gasteiger partial charge in [-0.25, -0.2) is 13.8 Å². The maximum absolute atomic E-state index is 11.5. The van der Waals surface area contributed by atoms with E-state index in [0.717, 1.165) is 4.57 Å². The van der Waals surface area contributed by atoms with Crippen LogP contribution in [0.25, 0.3) is 0 Å². The number of nitrogens with zero attached hydrogens (tertiary/aromatic N) is 2. The van der Waals surface area contributed by atoms with Gasteiger partial charge in [0, 0.05) is 6.20 Å². The van der Waals surface area contributed by atoms with Crippen molar-refractivity contribution in [3.8, 4) is 0 Å². The Morgan fingerprint density at radius 2 is 2.44 bits per heavy atom. The fourth-order valence-electron chi connectivity index (χ4n) is 0.463. The van der Waals surface area contributed by atoms with Gasteiger partial charge in [-0.2, -0.15) is 0 Å². The van der Waals surface area contributed by atoms with E-state index in [1.54, 1.807) is 0 Å². The molecule has 0 aliphatic heterocycles. The molecule has 2 radical (unpaired) electrons. The van der Waals surface area contributed by atoms with Crippen LogP contribution in [0.3, 0.4) is 0 Å². The summed E-state index contributed by atoms with van der Waals surface area (Å²) in [6, 6.07) is 0. The zero-order valence-electron chi connectivity index (χ0n) is 4.51. The number of hydrogen-bond acceptors (Lipinski definition) is 1. The van der Waals surface area contributed by atoms with E-state index >= 15 is 0 Å². The number of alkyl halides is 2. The Labute approximate surface area is 51.1 Å². The second-order valence-electron chi connectivity index (χ2n) is 1.51. The van der Waals surface area contributed by atoms with Crippen LogP contribution in [0.15, 0.2) is 6.20 Å². The number of imidazole rings is 1. The molecule has 0 unspecified atom stereocenters. The molecule has 0 aliphatic rings. The van der Waals surface area contributed by atoms with Crippen molar-refractivity contribution < 1.29 is 8.78 Å². The van der Waals surface area contributed by atoms with E-state index in [1.807, 2.05) is 0 Å². The lowest BCUT2D eigenvalue weighted by Crippen LogP contribution is -2.03. The highest BCUT2D eigenvalue weighted by Crippen LogP contribution is 1.95. The molecular formula is C5H4F2N2. The summed E-state index contributed by atoms with van der Waals surface area (Å²) >= 11 is 0. The second kappa shape index (κ2) is 2.57. The second-order valence-corrected chi connectivity index (χ2v) is 1.51. The van der Waals surface area contributed by atoms with Crippen LogP contribution in [0.4, 0.5) is 8.78 Å². The van der Waals surface area contributed by atoms with E-state index in [1.165, 1.54) is 6.20 Å². The zero-order valence-corrected chi connectivity index (χ0v) is 4.51. The summed E-state index contributed by atoms with van der Waals surface area (Å²) < 4.78 is 24.2. The van der Waals surface area contributed by atoms with Gasteiger partial charge in [0.1, 0.15) is 6.20 Å². The smallest absolute Gasteiger partial charge is 0.256 e. The van der Waals surface area contributed by atoms with Crippen LogP contribution < -0.4 is 0 Å². The van der Waals surface area contributed by atoms with E-state index in [0.29, 0.717) is 0 Å². The fraction of sp³-hybridized carbons (Fsp3) is 0.400. The summed E-state index contributed by atoms with van der Waals surface area (Å²) in [6.45, 7) is -0.351. The molecule has 0 saturated heterocycles. The molecule has 0 atom stereocenters. The van der Waals surface area contributed by atoms with Crippen molar-refractivity contribution in [3.05, 3.63) is 18.7 Å². The Kier molecular flexibility index (Phi) is 1.77. The Morgan fingerprint density at radius 3 is 2.89 bits per heavy atom. The molecule has 1 aromatic heterocycles. The number of halogens is 2. The minimum atomic E-state index is -2.34. The molecule has 1 aromatic rings. The lowest BCUT2D eigenvalue weighted by molar-refractivity contribution is 0.126. The molecule has 0 N–H and O–H groups in total.